The molecule has 60 heavy (non-hydrogen) atoms. The molecule has 16 nitrogen and oxygen atoms in total. The molecular weight excluding hydrogens is 793 g/mol. The van der Waals surface area contributed by atoms with E-state index >= 15 is 0 Å². The van der Waals surface area contributed by atoms with Crippen molar-refractivity contribution in [2.24, 2.45) is 17.8 Å². The molecule has 3 N–H and O–H groups in total. The Bertz CT molecular complexity index is 2130. The number of morpholine rings is 1. The van der Waals surface area contributed by atoms with E-state index in [0.717, 1.165) is 11.8 Å². The van der Waals surface area contributed by atoms with Gasteiger partial charge in [0.05, 0.1) is 31.6 Å². The number of hydrogen-bond acceptors (Lipinski definition) is 12. The van der Waals surface area contributed by atoms with Crippen molar-refractivity contribution in [3.63, 3.8) is 0 Å². The van der Waals surface area contributed by atoms with Crippen molar-refractivity contribution in [2.75, 3.05) is 44.9 Å². The van der Waals surface area contributed by atoms with Gasteiger partial charge in [-0.2, -0.15) is 4.98 Å². The van der Waals surface area contributed by atoms with E-state index in [0.29, 0.717) is 74.8 Å². The summed E-state index contributed by atoms with van der Waals surface area (Å²) in [6, 6.07) is 5.31. The zero-order valence-corrected chi connectivity index (χ0v) is 36.6. The lowest BCUT2D eigenvalue weighted by atomic mass is 9.88. The second kappa shape index (κ2) is 16.7. The zero-order valence-electron chi connectivity index (χ0n) is 35.7. The maximum absolute atomic E-state index is 15.0. The average Bonchev–Trinajstić information content (AvgIpc) is 4.07. The van der Waals surface area contributed by atoms with E-state index in [1.165, 1.54) is 4.90 Å². The summed E-state index contributed by atoms with van der Waals surface area (Å²) in [5, 5.41) is 7.29. The number of nitrogens with zero attached hydrogens (tertiary/aromatic N) is 3. The molecule has 1 aromatic carbocycles. The van der Waals surface area contributed by atoms with Gasteiger partial charge in [0, 0.05) is 30.8 Å². The summed E-state index contributed by atoms with van der Waals surface area (Å²) in [7, 11) is -2.42. The van der Waals surface area contributed by atoms with Gasteiger partial charge in [-0.15, -0.1) is 0 Å². The number of alkyl carbamates (subject to hydrolysis) is 1. The highest BCUT2D eigenvalue weighted by atomic mass is 32.2. The first kappa shape index (κ1) is 43.4. The number of anilines is 1. The maximum Gasteiger partial charge on any atom is 0.408 e. The van der Waals surface area contributed by atoms with Crippen LogP contribution >= 0.6 is 0 Å². The van der Waals surface area contributed by atoms with Crippen molar-refractivity contribution >= 4 is 50.4 Å². The van der Waals surface area contributed by atoms with Crippen LogP contribution in [0.15, 0.2) is 36.4 Å². The Kier molecular flexibility index (Phi) is 12.1. The summed E-state index contributed by atoms with van der Waals surface area (Å²) in [5.74, 6) is -0.972. The molecule has 0 bridgehead atoms. The molecule has 328 valence electrons. The van der Waals surface area contributed by atoms with Crippen molar-refractivity contribution in [3.8, 4) is 11.6 Å². The highest BCUT2D eigenvalue weighted by Crippen LogP contribution is 2.48. The molecule has 7 rings (SSSR count). The predicted octanol–water partition coefficient (Wildman–Crippen LogP) is 4.21. The van der Waals surface area contributed by atoms with Crippen molar-refractivity contribution in [1.29, 1.82) is 0 Å². The van der Waals surface area contributed by atoms with Gasteiger partial charge in [-0.3, -0.25) is 19.1 Å². The predicted molar refractivity (Wildman–Crippen MR) is 224 cm³/mol. The van der Waals surface area contributed by atoms with Crippen LogP contribution in [0.3, 0.4) is 0 Å². The molecule has 7 atom stereocenters. The van der Waals surface area contributed by atoms with E-state index in [4.69, 9.17) is 23.9 Å². The van der Waals surface area contributed by atoms with Crippen LogP contribution in [0.1, 0.15) is 86.5 Å². The number of amides is 4. The molecule has 0 radical (unpaired) electrons. The first-order chi connectivity index (χ1) is 28.3. The lowest BCUT2D eigenvalue weighted by Gasteiger charge is -2.33. The van der Waals surface area contributed by atoms with Gasteiger partial charge in [-0.1, -0.05) is 26.0 Å². The molecule has 2 aliphatic carbocycles. The summed E-state index contributed by atoms with van der Waals surface area (Å²) in [6.07, 6.45) is 5.44. The number of aromatic nitrogens is 1. The number of allylic oxidation sites excluding steroid dienone is 1. The monoisotopic (exact) mass is 852 g/mol. The van der Waals surface area contributed by atoms with E-state index < -0.39 is 73.8 Å². The van der Waals surface area contributed by atoms with Crippen LogP contribution in [0.5, 0.6) is 11.6 Å². The molecule has 1 aromatic heterocycles. The Balaban J connectivity index is 1.25. The molecule has 4 amide bonds. The molecule has 4 heterocycles. The topological polar surface area (TPSA) is 195 Å². The number of hydrogen-bond donors (Lipinski definition) is 3. The van der Waals surface area contributed by atoms with Gasteiger partial charge in [-0.25, -0.2) is 13.2 Å². The van der Waals surface area contributed by atoms with Gasteiger partial charge >= 0.3 is 6.09 Å². The summed E-state index contributed by atoms with van der Waals surface area (Å²) in [4.78, 5) is 65.5. The van der Waals surface area contributed by atoms with Gasteiger partial charge < -0.3 is 39.4 Å². The number of nitrogens with one attached hydrogen (secondary N) is 3. The Hall–Kier alpha value is -4.64. The third kappa shape index (κ3) is 9.31. The molecular formula is C43H60N6O10S. The Morgan fingerprint density at radius 2 is 1.80 bits per heavy atom. The van der Waals surface area contributed by atoms with Crippen LogP contribution in [0.25, 0.3) is 10.8 Å². The summed E-state index contributed by atoms with van der Waals surface area (Å²) in [6.45, 7) is 13.1. The summed E-state index contributed by atoms with van der Waals surface area (Å²) < 4.78 is 51.3. The van der Waals surface area contributed by atoms with Crippen LogP contribution in [0.4, 0.5) is 10.6 Å². The van der Waals surface area contributed by atoms with Gasteiger partial charge in [0.25, 0.3) is 5.91 Å². The van der Waals surface area contributed by atoms with Crippen LogP contribution in [0.2, 0.25) is 0 Å². The fraction of sp³-hybridized carbons (Fsp3) is 0.651. The molecule has 2 saturated heterocycles. The Labute approximate surface area is 352 Å². The Morgan fingerprint density at radius 1 is 1.07 bits per heavy atom. The van der Waals surface area contributed by atoms with E-state index in [9.17, 15) is 27.6 Å². The second-order valence-corrected chi connectivity index (χ2v) is 20.8. The average molecular weight is 853 g/mol. The minimum absolute atomic E-state index is 0.0250. The minimum atomic E-state index is -4.02. The molecule has 3 aliphatic heterocycles. The van der Waals surface area contributed by atoms with Gasteiger partial charge in [-0.05, 0) is 108 Å². The lowest BCUT2D eigenvalue weighted by molar-refractivity contribution is -0.142. The largest absolute Gasteiger partial charge is 0.497 e. The highest BCUT2D eigenvalue weighted by Gasteiger charge is 2.63. The van der Waals surface area contributed by atoms with Gasteiger partial charge in [0.2, 0.25) is 27.7 Å². The highest BCUT2D eigenvalue weighted by molar-refractivity contribution is 7.91. The van der Waals surface area contributed by atoms with Crippen molar-refractivity contribution in [2.45, 2.75) is 121 Å². The molecule has 5 aliphatic rings. The third-order valence-electron chi connectivity index (χ3n) is 12.5. The number of carbonyl (C=O) groups excluding carboxylic acids is 4. The molecule has 17 heteroatoms. The van der Waals surface area contributed by atoms with Gasteiger partial charge in [0.1, 0.15) is 40.9 Å². The van der Waals surface area contributed by atoms with E-state index in [1.54, 1.807) is 34.8 Å². The SMILES string of the molecule is COc1ccc2c(O[C@@H]3C[C@H]4C(=O)N[C@]5(C(=O)NS(=O)(=O)C6(C)CC6)C[C@H]5/C=C\CC[C@@H](C)C[C@@H](C)[C@H](NC(=O)OC(C)(C)C)C(=O)N4C3)nc(N3CCOCC3)cc2c1. The minimum Gasteiger partial charge on any atom is -0.497 e. The fourth-order valence-electron chi connectivity index (χ4n) is 8.55. The van der Waals surface area contributed by atoms with Crippen LogP contribution in [0, 0.1) is 17.8 Å². The summed E-state index contributed by atoms with van der Waals surface area (Å²) in [5.41, 5.74) is -2.38. The molecule has 4 fully saturated rings. The van der Waals surface area contributed by atoms with Crippen LogP contribution in [-0.2, 0) is 33.9 Å². The third-order valence-corrected chi connectivity index (χ3v) is 14.7. The first-order valence-electron chi connectivity index (χ1n) is 21.1. The van der Waals surface area contributed by atoms with Crippen LogP contribution < -0.4 is 29.7 Å². The zero-order chi connectivity index (χ0) is 43.2. The Morgan fingerprint density at radius 3 is 2.48 bits per heavy atom. The number of rotatable bonds is 8. The number of carbonyl (C=O) groups is 4. The van der Waals surface area contributed by atoms with Gasteiger partial charge in [0.15, 0.2) is 0 Å². The fourth-order valence-corrected chi connectivity index (χ4v) is 9.86. The second-order valence-electron chi connectivity index (χ2n) is 18.6. The molecule has 0 spiro atoms. The number of fused-ring (bicyclic) bond motifs is 3. The first-order valence-corrected chi connectivity index (χ1v) is 22.6. The van der Waals surface area contributed by atoms with Crippen molar-refractivity contribution < 1.29 is 46.5 Å². The standard InChI is InChI=1S/C43H60N6O10S/c1-26-10-8-9-11-29-24-43(29,39(52)47-60(54,55)42(6)14-15-42)46-36(50)33-23-31(25-49(33)38(51)35(27(2)20-26)45-40(53)59-41(3,4)5)58-37-32-13-12-30(56-7)21-28(32)22-34(44-37)48-16-18-57-19-17-48/h9,11-13,21-22,26-27,29,31,33,35H,8,10,14-20,23-25H2,1-7H3,(H,45,53)(H,46,50)(H,47,52)/b11-9-/t26-,27-,29-,31-,33+,35+,43-/m1/s1. The van der Waals surface area contributed by atoms with E-state index in [-0.39, 0.29) is 31.2 Å². The van der Waals surface area contributed by atoms with Crippen LogP contribution in [-0.4, -0.2) is 116 Å². The van der Waals surface area contributed by atoms with Crippen molar-refractivity contribution in [3.05, 3.63) is 36.4 Å². The molecule has 2 aromatic rings. The number of methoxy groups -OCH3 is 1. The normalized spacial score (nSPS) is 30.1. The number of benzene rings is 1. The number of ether oxygens (including phenoxy) is 4. The van der Waals surface area contributed by atoms with Crippen molar-refractivity contribution in [1.82, 2.24) is 25.2 Å². The maximum atomic E-state index is 15.0. The number of sulfonamides is 1. The smallest absolute Gasteiger partial charge is 0.408 e. The molecule has 0 unspecified atom stereocenters. The number of pyridine rings is 1. The lowest BCUT2D eigenvalue weighted by Crippen LogP contribution is -2.59. The quantitative estimate of drug-likeness (QED) is 0.321. The van der Waals surface area contributed by atoms with E-state index in [2.05, 4.69) is 27.2 Å². The molecule has 2 saturated carbocycles. The summed E-state index contributed by atoms with van der Waals surface area (Å²) >= 11 is 0. The van der Waals surface area contributed by atoms with E-state index in [1.807, 2.05) is 43.3 Å².